The van der Waals surface area contributed by atoms with Crippen LogP contribution in [-0.4, -0.2) is 62.2 Å². The van der Waals surface area contributed by atoms with Gasteiger partial charge in [-0.05, 0) is 63.8 Å². The topological polar surface area (TPSA) is 93.5 Å². The maximum Gasteiger partial charge on any atom is 0.407 e. The molecule has 210 valence electrons. The number of Topliss-reactive ketones (excluding diaryl/α,β-unsaturated/α-hetero) is 1. The number of alkyl carbamates (subject to hydrolysis) is 1. The maximum atomic E-state index is 14.9. The third kappa shape index (κ3) is 8.25. The Morgan fingerprint density at radius 2 is 1.95 bits per heavy atom. The first-order valence-corrected chi connectivity index (χ1v) is 14.3. The number of aromatic nitrogens is 2. The second kappa shape index (κ2) is 12.5. The van der Waals surface area contributed by atoms with Gasteiger partial charge in [0, 0.05) is 49.5 Å². The normalized spacial score (nSPS) is 20.0. The molecule has 2 aliphatic rings. The fourth-order valence-corrected chi connectivity index (χ4v) is 5.67. The highest BCUT2D eigenvalue weighted by Crippen LogP contribution is 2.40. The molecule has 0 radical (unpaired) electrons. The second-order valence-electron chi connectivity index (χ2n) is 11.1. The lowest BCUT2D eigenvalue weighted by Gasteiger charge is -2.38. The summed E-state index contributed by atoms with van der Waals surface area (Å²) in [5.41, 5.74) is 1.54. The molecule has 39 heavy (non-hydrogen) atoms. The van der Waals surface area contributed by atoms with Gasteiger partial charge in [-0.25, -0.2) is 9.18 Å². The van der Waals surface area contributed by atoms with Gasteiger partial charge in [0.25, 0.3) is 0 Å². The SMILES string of the molecule is CC(=O)SC1CCN(C(C(=O)C2CC2)c2ccccc2F)C/C1=C/c1ccn(CCNC(=O)OC(C)(C)C)n1. The zero-order chi connectivity index (χ0) is 28.2. The minimum Gasteiger partial charge on any atom is -0.444 e. The lowest BCUT2D eigenvalue weighted by Crippen LogP contribution is -2.43. The second-order valence-corrected chi connectivity index (χ2v) is 12.5. The molecule has 0 bridgehead atoms. The summed E-state index contributed by atoms with van der Waals surface area (Å²) in [7, 11) is 0. The smallest absolute Gasteiger partial charge is 0.407 e. The number of benzene rings is 1. The number of hydrogen-bond donors (Lipinski definition) is 1. The third-order valence-corrected chi connectivity index (χ3v) is 7.76. The monoisotopic (exact) mass is 556 g/mol. The Hall–Kier alpha value is -2.98. The Bertz CT molecular complexity index is 1230. The molecule has 1 N–H and O–H groups in total. The van der Waals surface area contributed by atoms with E-state index in [-0.39, 0.29) is 27.9 Å². The molecule has 2 fully saturated rings. The van der Waals surface area contributed by atoms with Crippen molar-refractivity contribution in [3.63, 3.8) is 0 Å². The molecule has 1 saturated heterocycles. The highest BCUT2D eigenvalue weighted by atomic mass is 32.2. The van der Waals surface area contributed by atoms with E-state index >= 15 is 0 Å². The molecule has 2 aromatic rings. The summed E-state index contributed by atoms with van der Waals surface area (Å²) in [6.45, 7) is 8.83. The Morgan fingerprint density at radius 1 is 1.21 bits per heavy atom. The van der Waals surface area contributed by atoms with Crippen LogP contribution in [0, 0.1) is 11.7 Å². The van der Waals surface area contributed by atoms with E-state index in [1.165, 1.54) is 17.8 Å². The minimum absolute atomic E-state index is 0.0173. The van der Waals surface area contributed by atoms with Crippen LogP contribution in [0.4, 0.5) is 9.18 Å². The number of likely N-dealkylation sites (tertiary alicyclic amines) is 1. The fourth-order valence-electron chi connectivity index (χ4n) is 4.75. The van der Waals surface area contributed by atoms with E-state index in [1.54, 1.807) is 29.8 Å². The predicted octanol–water partition coefficient (Wildman–Crippen LogP) is 5.00. The molecular formula is C29H37FN4O4S. The number of nitrogens with one attached hydrogen (secondary N) is 1. The molecule has 1 aromatic carbocycles. The van der Waals surface area contributed by atoms with Crippen molar-refractivity contribution in [1.82, 2.24) is 20.0 Å². The Labute approximate surface area is 233 Å². The van der Waals surface area contributed by atoms with Crippen LogP contribution in [0.25, 0.3) is 6.08 Å². The van der Waals surface area contributed by atoms with Crippen LogP contribution in [0.15, 0.2) is 42.1 Å². The fraction of sp³-hybridized carbons (Fsp3) is 0.517. The van der Waals surface area contributed by atoms with Crippen LogP contribution in [0.2, 0.25) is 0 Å². The molecular weight excluding hydrogens is 519 g/mol. The molecule has 1 amide bonds. The van der Waals surface area contributed by atoms with Gasteiger partial charge in [0.1, 0.15) is 11.4 Å². The summed E-state index contributed by atoms with van der Waals surface area (Å²) < 4.78 is 21.9. The number of nitrogens with zero attached hydrogens (tertiary/aromatic N) is 3. The number of amides is 1. The van der Waals surface area contributed by atoms with Gasteiger partial charge >= 0.3 is 6.09 Å². The summed E-state index contributed by atoms with van der Waals surface area (Å²) in [6, 6.07) is 7.73. The molecule has 10 heteroatoms. The number of carbonyl (C=O) groups excluding carboxylic acids is 3. The molecule has 1 saturated carbocycles. The van der Waals surface area contributed by atoms with Crippen molar-refractivity contribution < 1.29 is 23.5 Å². The number of rotatable bonds is 9. The molecule has 4 rings (SSSR count). The molecule has 8 nitrogen and oxygen atoms in total. The summed E-state index contributed by atoms with van der Waals surface area (Å²) in [6.07, 6.45) is 5.68. The summed E-state index contributed by atoms with van der Waals surface area (Å²) in [5.74, 6) is -0.323. The molecule has 1 aliphatic carbocycles. The standard InChI is InChI=1S/C29H37FN4O4S/c1-19(35)39-25-12-14-33(26(27(36)20-9-10-20)23-7-5-6-8-24(23)30)18-21(25)17-22-11-15-34(32-22)16-13-31-28(37)38-29(2,3)4/h5-8,11,15,17,20,25-26H,9-10,12-14,16,18H2,1-4H3,(H,31,37)/b21-17-. The zero-order valence-electron chi connectivity index (χ0n) is 23.0. The van der Waals surface area contributed by atoms with Crippen LogP contribution in [0.1, 0.15) is 64.3 Å². The van der Waals surface area contributed by atoms with Crippen molar-refractivity contribution in [2.24, 2.45) is 5.92 Å². The van der Waals surface area contributed by atoms with Crippen molar-refractivity contribution >= 4 is 34.8 Å². The van der Waals surface area contributed by atoms with Crippen molar-refractivity contribution in [3.8, 4) is 0 Å². The molecule has 1 aromatic heterocycles. The average Bonchev–Trinajstić information content (AvgIpc) is 3.61. The Balaban J connectivity index is 1.50. The molecule has 2 unspecified atom stereocenters. The molecule has 1 aliphatic heterocycles. The molecule has 2 heterocycles. The first-order valence-electron chi connectivity index (χ1n) is 13.4. The van der Waals surface area contributed by atoms with Crippen LogP contribution < -0.4 is 5.32 Å². The van der Waals surface area contributed by atoms with E-state index in [0.717, 1.165) is 18.4 Å². The van der Waals surface area contributed by atoms with Crippen LogP contribution >= 0.6 is 11.8 Å². The summed E-state index contributed by atoms with van der Waals surface area (Å²) in [4.78, 5) is 39.3. The van der Waals surface area contributed by atoms with Gasteiger partial charge in [-0.3, -0.25) is 19.2 Å². The van der Waals surface area contributed by atoms with Gasteiger partial charge in [0.05, 0.1) is 18.3 Å². The zero-order valence-corrected chi connectivity index (χ0v) is 23.8. The molecule has 2 atom stereocenters. The van der Waals surface area contributed by atoms with Crippen molar-refractivity contribution in [1.29, 1.82) is 0 Å². The largest absolute Gasteiger partial charge is 0.444 e. The number of ketones is 1. The quantitative estimate of drug-likeness (QED) is 0.464. The number of piperidine rings is 1. The van der Waals surface area contributed by atoms with Gasteiger partial charge in [-0.1, -0.05) is 30.0 Å². The summed E-state index contributed by atoms with van der Waals surface area (Å²) in [5, 5.41) is 7.32. The van der Waals surface area contributed by atoms with Gasteiger partial charge in [-0.2, -0.15) is 5.10 Å². The van der Waals surface area contributed by atoms with E-state index < -0.39 is 17.7 Å². The highest BCUT2D eigenvalue weighted by Gasteiger charge is 2.41. The van der Waals surface area contributed by atoms with Crippen LogP contribution in [0.5, 0.6) is 0 Å². The van der Waals surface area contributed by atoms with Crippen molar-refractivity contribution in [2.45, 2.75) is 70.4 Å². The maximum absolute atomic E-state index is 14.9. The number of carbonyl (C=O) groups is 3. The highest BCUT2D eigenvalue weighted by molar-refractivity contribution is 8.14. The first kappa shape index (κ1) is 29.0. The van der Waals surface area contributed by atoms with Gasteiger partial charge in [0.15, 0.2) is 10.9 Å². The van der Waals surface area contributed by atoms with Crippen LogP contribution in [0.3, 0.4) is 0 Å². The number of thioether (sulfide) groups is 1. The van der Waals surface area contributed by atoms with Crippen molar-refractivity contribution in [3.05, 3.63) is 59.2 Å². The number of halogens is 1. The van der Waals surface area contributed by atoms with E-state index in [1.807, 2.05) is 44.0 Å². The van der Waals surface area contributed by atoms with Gasteiger partial charge < -0.3 is 10.1 Å². The lowest BCUT2D eigenvalue weighted by atomic mass is 9.93. The summed E-state index contributed by atoms with van der Waals surface area (Å²) >= 11 is 1.28. The molecule has 0 spiro atoms. The van der Waals surface area contributed by atoms with E-state index in [9.17, 15) is 18.8 Å². The van der Waals surface area contributed by atoms with Gasteiger partial charge in [-0.15, -0.1) is 0 Å². The number of ether oxygens (including phenoxy) is 1. The Kier molecular flexibility index (Phi) is 9.27. The van der Waals surface area contributed by atoms with E-state index in [0.29, 0.717) is 43.9 Å². The number of hydrogen-bond acceptors (Lipinski definition) is 7. The van der Waals surface area contributed by atoms with Crippen molar-refractivity contribution in [2.75, 3.05) is 19.6 Å². The van der Waals surface area contributed by atoms with E-state index in [4.69, 9.17) is 4.74 Å². The average molecular weight is 557 g/mol. The minimum atomic E-state index is -0.651. The first-order chi connectivity index (χ1) is 18.5. The third-order valence-electron chi connectivity index (χ3n) is 6.60. The lowest BCUT2D eigenvalue weighted by molar-refractivity contribution is -0.126. The van der Waals surface area contributed by atoms with Crippen LogP contribution in [-0.2, 0) is 20.9 Å². The predicted molar refractivity (Wildman–Crippen MR) is 150 cm³/mol. The van der Waals surface area contributed by atoms with Gasteiger partial charge in [0.2, 0.25) is 0 Å². The Morgan fingerprint density at radius 3 is 2.62 bits per heavy atom. The van der Waals surface area contributed by atoms with E-state index in [2.05, 4.69) is 10.4 Å².